The van der Waals surface area contributed by atoms with Gasteiger partial charge in [0.25, 0.3) is 5.69 Å². The van der Waals surface area contributed by atoms with E-state index in [1.807, 2.05) is 13.1 Å². The van der Waals surface area contributed by atoms with E-state index >= 15 is 0 Å². The largest absolute Gasteiger partial charge is 0.269 e. The number of aryl methyl sites for hydroxylation is 2. The van der Waals surface area contributed by atoms with Crippen LogP contribution in [0.4, 0.5) is 5.69 Å². The van der Waals surface area contributed by atoms with E-state index in [0.717, 1.165) is 24.1 Å². The van der Waals surface area contributed by atoms with Crippen LogP contribution in [0.15, 0.2) is 30.5 Å². The van der Waals surface area contributed by atoms with Gasteiger partial charge in [0.05, 0.1) is 10.3 Å². The van der Waals surface area contributed by atoms with Gasteiger partial charge in [0.15, 0.2) is 0 Å². The molecule has 2 rings (SSSR count). The highest BCUT2D eigenvalue weighted by molar-refractivity contribution is 6.20. The first-order valence-electron chi connectivity index (χ1n) is 6.37. The van der Waals surface area contributed by atoms with Gasteiger partial charge in [0.2, 0.25) is 0 Å². The van der Waals surface area contributed by atoms with E-state index in [0.29, 0.717) is 6.54 Å². The van der Waals surface area contributed by atoms with Crippen molar-refractivity contribution < 1.29 is 4.92 Å². The lowest BCUT2D eigenvalue weighted by molar-refractivity contribution is -0.384. The van der Waals surface area contributed by atoms with Gasteiger partial charge in [0.1, 0.15) is 5.69 Å². The molecule has 0 N–H and O–H groups in total. The van der Waals surface area contributed by atoms with Crippen molar-refractivity contribution in [2.45, 2.75) is 31.7 Å². The molecule has 6 nitrogen and oxygen atoms in total. The number of nitro benzene ring substituents is 1. The Bertz CT molecular complexity index is 582. The number of halogens is 1. The van der Waals surface area contributed by atoms with E-state index in [9.17, 15) is 10.1 Å². The summed E-state index contributed by atoms with van der Waals surface area (Å²) in [4.78, 5) is 10.2. The summed E-state index contributed by atoms with van der Waals surface area (Å²) < 4.78 is 1.74. The van der Waals surface area contributed by atoms with Crippen molar-refractivity contribution in [3.63, 3.8) is 0 Å². The fourth-order valence-electron chi connectivity index (χ4n) is 1.80. The Morgan fingerprint density at radius 1 is 1.40 bits per heavy atom. The number of benzene rings is 1. The van der Waals surface area contributed by atoms with Gasteiger partial charge in [-0.25, -0.2) is 0 Å². The van der Waals surface area contributed by atoms with Crippen LogP contribution in [0.1, 0.15) is 30.0 Å². The summed E-state index contributed by atoms with van der Waals surface area (Å²) >= 11 is 6.09. The fraction of sp³-hybridized carbons (Fsp3) is 0.385. The van der Waals surface area contributed by atoms with E-state index in [1.165, 1.54) is 12.1 Å². The van der Waals surface area contributed by atoms with E-state index in [4.69, 9.17) is 11.6 Å². The molecular formula is C13H15ClN4O2. The molecule has 106 valence electrons. The zero-order chi connectivity index (χ0) is 14.5. The molecule has 0 radical (unpaired) electrons. The summed E-state index contributed by atoms with van der Waals surface area (Å²) in [6, 6.07) is 6.53. The first-order valence-corrected chi connectivity index (χ1v) is 6.81. The SMILES string of the molecule is CCC(Cl)c1cn(CCc2ccc([N+](=O)[O-])cc2)nn1. The van der Waals surface area contributed by atoms with Gasteiger partial charge in [-0.05, 0) is 18.4 Å². The predicted octanol–water partition coefficient (Wildman–Crippen LogP) is 3.12. The van der Waals surface area contributed by atoms with E-state index < -0.39 is 4.92 Å². The molecule has 1 aromatic heterocycles. The second kappa shape index (κ2) is 6.47. The first kappa shape index (κ1) is 14.5. The second-order valence-electron chi connectivity index (χ2n) is 4.46. The van der Waals surface area contributed by atoms with E-state index in [-0.39, 0.29) is 11.1 Å². The maximum atomic E-state index is 10.6. The number of nitrogens with zero attached hydrogens (tertiary/aromatic N) is 4. The molecule has 0 saturated heterocycles. The fourth-order valence-corrected chi connectivity index (χ4v) is 1.90. The number of alkyl halides is 1. The number of rotatable bonds is 6. The van der Waals surface area contributed by atoms with Gasteiger partial charge in [0, 0.05) is 24.9 Å². The van der Waals surface area contributed by atoms with Crippen LogP contribution >= 0.6 is 11.6 Å². The van der Waals surface area contributed by atoms with Crippen molar-refractivity contribution in [3.8, 4) is 0 Å². The van der Waals surface area contributed by atoms with Crippen molar-refractivity contribution in [1.29, 1.82) is 0 Å². The Morgan fingerprint density at radius 3 is 2.70 bits per heavy atom. The third kappa shape index (κ3) is 3.54. The van der Waals surface area contributed by atoms with Crippen LogP contribution in [0.5, 0.6) is 0 Å². The standard InChI is InChI=1S/C13H15ClN4O2/c1-2-12(14)13-9-17(16-15-13)8-7-10-3-5-11(6-4-10)18(19)20/h3-6,9,12H,2,7-8H2,1H3. The number of hydrogen-bond acceptors (Lipinski definition) is 4. The highest BCUT2D eigenvalue weighted by Gasteiger charge is 2.10. The number of non-ortho nitro benzene ring substituents is 1. The topological polar surface area (TPSA) is 73.8 Å². The molecule has 0 fully saturated rings. The van der Waals surface area contributed by atoms with E-state index in [1.54, 1.807) is 16.8 Å². The zero-order valence-corrected chi connectivity index (χ0v) is 11.8. The van der Waals surface area contributed by atoms with Crippen molar-refractivity contribution in [2.75, 3.05) is 0 Å². The van der Waals surface area contributed by atoms with Gasteiger partial charge in [-0.2, -0.15) is 0 Å². The Labute approximate surface area is 121 Å². The van der Waals surface area contributed by atoms with Crippen LogP contribution in [0.2, 0.25) is 0 Å². The quantitative estimate of drug-likeness (QED) is 0.466. The van der Waals surface area contributed by atoms with Crippen molar-refractivity contribution >= 4 is 17.3 Å². The van der Waals surface area contributed by atoms with Crippen molar-refractivity contribution in [2.24, 2.45) is 0 Å². The van der Waals surface area contributed by atoms with Crippen molar-refractivity contribution in [3.05, 3.63) is 51.8 Å². The molecule has 0 spiro atoms. The lowest BCUT2D eigenvalue weighted by Crippen LogP contribution is -2.02. The zero-order valence-electron chi connectivity index (χ0n) is 11.1. The Hall–Kier alpha value is -1.95. The molecule has 1 heterocycles. The number of hydrogen-bond donors (Lipinski definition) is 0. The predicted molar refractivity (Wildman–Crippen MR) is 75.7 cm³/mol. The average Bonchev–Trinajstić information content (AvgIpc) is 2.93. The molecule has 0 saturated carbocycles. The van der Waals surface area contributed by atoms with Crippen LogP contribution < -0.4 is 0 Å². The normalized spacial score (nSPS) is 12.3. The molecule has 0 amide bonds. The van der Waals surface area contributed by atoms with Gasteiger partial charge in [-0.1, -0.05) is 24.3 Å². The minimum Gasteiger partial charge on any atom is -0.258 e. The van der Waals surface area contributed by atoms with Crippen LogP contribution in [0.25, 0.3) is 0 Å². The van der Waals surface area contributed by atoms with Crippen LogP contribution in [-0.2, 0) is 13.0 Å². The third-order valence-corrected chi connectivity index (χ3v) is 3.54. The summed E-state index contributed by atoms with van der Waals surface area (Å²) in [5.41, 5.74) is 1.90. The number of aromatic nitrogens is 3. The molecule has 0 bridgehead atoms. The lowest BCUT2D eigenvalue weighted by Gasteiger charge is -2.01. The summed E-state index contributed by atoms with van der Waals surface area (Å²) in [5.74, 6) is 0. The Balaban J connectivity index is 1.94. The third-order valence-electron chi connectivity index (χ3n) is 3.01. The number of nitro groups is 1. The highest BCUT2D eigenvalue weighted by atomic mass is 35.5. The maximum Gasteiger partial charge on any atom is 0.269 e. The second-order valence-corrected chi connectivity index (χ2v) is 4.98. The monoisotopic (exact) mass is 294 g/mol. The summed E-state index contributed by atoms with van der Waals surface area (Å²) in [6.45, 7) is 2.66. The summed E-state index contributed by atoms with van der Waals surface area (Å²) in [7, 11) is 0. The van der Waals surface area contributed by atoms with Crippen LogP contribution in [0.3, 0.4) is 0 Å². The molecule has 2 aromatic rings. The minimum atomic E-state index is -0.404. The average molecular weight is 295 g/mol. The maximum absolute atomic E-state index is 10.6. The summed E-state index contributed by atoms with van der Waals surface area (Å²) in [5, 5.41) is 18.5. The smallest absolute Gasteiger partial charge is 0.258 e. The molecule has 1 atom stereocenters. The molecule has 0 aliphatic rings. The molecule has 20 heavy (non-hydrogen) atoms. The van der Waals surface area contributed by atoms with Gasteiger partial charge in [-0.15, -0.1) is 16.7 Å². The van der Waals surface area contributed by atoms with E-state index in [2.05, 4.69) is 10.3 Å². The van der Waals surface area contributed by atoms with Gasteiger partial charge >= 0.3 is 0 Å². The molecule has 1 aromatic carbocycles. The van der Waals surface area contributed by atoms with Crippen LogP contribution in [0, 0.1) is 10.1 Å². The summed E-state index contributed by atoms with van der Waals surface area (Å²) in [6.07, 6.45) is 3.38. The minimum absolute atomic E-state index is 0.102. The van der Waals surface area contributed by atoms with Gasteiger partial charge < -0.3 is 0 Å². The Morgan fingerprint density at radius 2 is 2.10 bits per heavy atom. The molecule has 7 heteroatoms. The van der Waals surface area contributed by atoms with Gasteiger partial charge in [-0.3, -0.25) is 14.8 Å². The lowest BCUT2D eigenvalue weighted by atomic mass is 10.1. The first-order chi connectivity index (χ1) is 9.60. The van der Waals surface area contributed by atoms with Crippen molar-refractivity contribution in [1.82, 2.24) is 15.0 Å². The Kier molecular flexibility index (Phi) is 4.68. The molecule has 1 unspecified atom stereocenters. The molecule has 0 aliphatic heterocycles. The molecular weight excluding hydrogens is 280 g/mol. The highest BCUT2D eigenvalue weighted by Crippen LogP contribution is 2.20. The van der Waals surface area contributed by atoms with Crippen LogP contribution in [-0.4, -0.2) is 19.9 Å². The molecule has 0 aliphatic carbocycles.